The van der Waals surface area contributed by atoms with Gasteiger partial charge in [-0.2, -0.15) is 0 Å². The number of esters is 2. The van der Waals surface area contributed by atoms with Gasteiger partial charge in [-0.1, -0.05) is 65.7 Å². The molecule has 1 aliphatic rings. The molecule has 0 spiro atoms. The van der Waals surface area contributed by atoms with Crippen LogP contribution >= 0.6 is 0 Å². The highest BCUT2D eigenvalue weighted by atomic mass is 16.6. The molecule has 0 aromatic rings. The summed E-state index contributed by atoms with van der Waals surface area (Å²) in [6, 6.07) is 0. The van der Waals surface area contributed by atoms with E-state index in [1.54, 1.807) is 0 Å². The Balaban J connectivity index is 2.56. The van der Waals surface area contributed by atoms with E-state index in [2.05, 4.69) is 20.8 Å². The summed E-state index contributed by atoms with van der Waals surface area (Å²) in [7, 11) is 0. The van der Waals surface area contributed by atoms with Gasteiger partial charge < -0.3 is 9.47 Å². The van der Waals surface area contributed by atoms with Crippen LogP contribution in [0.25, 0.3) is 0 Å². The maximum absolute atomic E-state index is 12.9. The highest BCUT2D eigenvalue weighted by Crippen LogP contribution is 2.37. The fourth-order valence-electron chi connectivity index (χ4n) is 4.47. The maximum atomic E-state index is 12.9. The number of unbranched alkanes of at least 4 members (excludes halogenated alkanes) is 6. The first-order chi connectivity index (χ1) is 13.9. The molecule has 0 bridgehead atoms. The molecular weight excluding hydrogens is 364 g/mol. The summed E-state index contributed by atoms with van der Waals surface area (Å²) in [4.78, 5) is 25.8. The second-order valence-corrected chi connectivity index (χ2v) is 9.23. The molecule has 0 aromatic heterocycles. The molecule has 1 fully saturated rings. The van der Waals surface area contributed by atoms with Crippen molar-refractivity contribution in [2.75, 3.05) is 0 Å². The van der Waals surface area contributed by atoms with Gasteiger partial charge in [0.2, 0.25) is 0 Å². The van der Waals surface area contributed by atoms with E-state index in [-0.39, 0.29) is 41.9 Å². The van der Waals surface area contributed by atoms with Crippen molar-refractivity contribution < 1.29 is 19.1 Å². The molecule has 5 atom stereocenters. The lowest BCUT2D eigenvalue weighted by Gasteiger charge is -2.34. The van der Waals surface area contributed by atoms with E-state index < -0.39 is 0 Å². The summed E-state index contributed by atoms with van der Waals surface area (Å²) in [6.45, 7) is 10.4. The molecule has 0 aromatic carbocycles. The second kappa shape index (κ2) is 14.8. The number of hydrogen-bond acceptors (Lipinski definition) is 4. The van der Waals surface area contributed by atoms with Crippen LogP contribution in [-0.4, -0.2) is 24.1 Å². The zero-order chi connectivity index (χ0) is 21.6. The minimum absolute atomic E-state index is 0.0780. The van der Waals surface area contributed by atoms with Crippen LogP contribution in [0.2, 0.25) is 0 Å². The van der Waals surface area contributed by atoms with Gasteiger partial charge in [0.25, 0.3) is 0 Å². The van der Waals surface area contributed by atoms with Gasteiger partial charge >= 0.3 is 11.9 Å². The van der Waals surface area contributed by atoms with Crippen molar-refractivity contribution in [2.24, 2.45) is 17.8 Å². The minimum atomic E-state index is -0.360. The molecule has 0 saturated heterocycles. The Hall–Kier alpha value is -1.06. The largest absolute Gasteiger partial charge is 0.462 e. The Labute approximate surface area is 179 Å². The van der Waals surface area contributed by atoms with Gasteiger partial charge in [0, 0.05) is 0 Å². The first-order valence-corrected chi connectivity index (χ1v) is 12.3. The molecule has 5 unspecified atom stereocenters. The summed E-state index contributed by atoms with van der Waals surface area (Å²) >= 11 is 0. The number of hydrogen-bond donors (Lipinski definition) is 0. The van der Waals surface area contributed by atoms with Crippen LogP contribution in [0.5, 0.6) is 0 Å². The van der Waals surface area contributed by atoms with E-state index in [0.717, 1.165) is 44.9 Å². The van der Waals surface area contributed by atoms with E-state index in [4.69, 9.17) is 9.47 Å². The average molecular weight is 411 g/mol. The highest BCUT2D eigenvalue weighted by Gasteiger charge is 2.42. The predicted octanol–water partition coefficient (Wildman–Crippen LogP) is 6.84. The summed E-state index contributed by atoms with van der Waals surface area (Å²) in [6.07, 6.45) is 13.7. The summed E-state index contributed by atoms with van der Waals surface area (Å²) in [5, 5.41) is 0. The normalized spacial score (nSPS) is 24.0. The molecule has 0 radical (unpaired) electrons. The quantitative estimate of drug-likeness (QED) is 0.232. The Morgan fingerprint density at radius 2 is 1.31 bits per heavy atom. The van der Waals surface area contributed by atoms with Crippen molar-refractivity contribution in [3.8, 4) is 0 Å². The standard InChI is InChI=1S/C25H46O4/c1-6-8-10-12-16-20(4)28-24(26)22-18-14-15-19(3)23(22)25(27)29-21(5)17-13-11-9-7-2/h19-23H,6-18H2,1-5H3. The average Bonchev–Trinajstić information content (AvgIpc) is 2.68. The van der Waals surface area contributed by atoms with Gasteiger partial charge in [-0.3, -0.25) is 9.59 Å². The number of carbonyl (C=O) groups is 2. The van der Waals surface area contributed by atoms with Gasteiger partial charge in [-0.25, -0.2) is 0 Å². The minimum Gasteiger partial charge on any atom is -0.462 e. The zero-order valence-corrected chi connectivity index (χ0v) is 19.7. The van der Waals surface area contributed by atoms with Gasteiger partial charge in [0.1, 0.15) is 0 Å². The van der Waals surface area contributed by atoms with E-state index in [9.17, 15) is 9.59 Å². The van der Waals surface area contributed by atoms with Gasteiger partial charge in [-0.15, -0.1) is 0 Å². The van der Waals surface area contributed by atoms with Gasteiger partial charge in [0.15, 0.2) is 0 Å². The SMILES string of the molecule is CCCCCCC(C)OC(=O)C1CCCC(C)C1C(=O)OC(C)CCCCCC. The molecule has 0 heterocycles. The predicted molar refractivity (Wildman–Crippen MR) is 119 cm³/mol. The molecule has 0 amide bonds. The van der Waals surface area contributed by atoms with E-state index in [1.807, 2.05) is 13.8 Å². The van der Waals surface area contributed by atoms with Gasteiger partial charge in [0.05, 0.1) is 24.0 Å². The summed E-state index contributed by atoms with van der Waals surface area (Å²) < 4.78 is 11.5. The third kappa shape index (κ3) is 10.00. The van der Waals surface area contributed by atoms with Crippen molar-refractivity contribution in [3.05, 3.63) is 0 Å². The topological polar surface area (TPSA) is 52.6 Å². The van der Waals surface area contributed by atoms with Crippen LogP contribution in [0.3, 0.4) is 0 Å². The third-order valence-corrected chi connectivity index (χ3v) is 6.36. The van der Waals surface area contributed by atoms with Crippen LogP contribution in [-0.2, 0) is 19.1 Å². The maximum Gasteiger partial charge on any atom is 0.310 e. The molecule has 170 valence electrons. The second-order valence-electron chi connectivity index (χ2n) is 9.23. The first-order valence-electron chi connectivity index (χ1n) is 12.3. The summed E-state index contributed by atoms with van der Waals surface area (Å²) in [5.41, 5.74) is 0. The molecule has 1 saturated carbocycles. The lowest BCUT2D eigenvalue weighted by molar-refractivity contribution is -0.170. The van der Waals surface area contributed by atoms with Crippen molar-refractivity contribution in [1.29, 1.82) is 0 Å². The summed E-state index contributed by atoms with van der Waals surface area (Å²) in [5.74, 6) is -0.936. The monoisotopic (exact) mass is 410 g/mol. The van der Waals surface area contributed by atoms with E-state index >= 15 is 0 Å². The fraction of sp³-hybridized carbons (Fsp3) is 0.920. The molecular formula is C25H46O4. The van der Waals surface area contributed by atoms with Crippen LogP contribution in [0.1, 0.15) is 118 Å². The van der Waals surface area contributed by atoms with E-state index in [1.165, 1.54) is 38.5 Å². The molecule has 1 rings (SSSR count). The number of rotatable bonds is 14. The molecule has 4 nitrogen and oxygen atoms in total. The third-order valence-electron chi connectivity index (χ3n) is 6.36. The van der Waals surface area contributed by atoms with Gasteiger partial charge in [-0.05, 0) is 58.3 Å². The van der Waals surface area contributed by atoms with Crippen LogP contribution in [0.4, 0.5) is 0 Å². The van der Waals surface area contributed by atoms with Crippen LogP contribution < -0.4 is 0 Å². The lowest BCUT2D eigenvalue weighted by atomic mass is 9.72. The van der Waals surface area contributed by atoms with Crippen LogP contribution in [0.15, 0.2) is 0 Å². The Morgan fingerprint density at radius 1 is 0.793 bits per heavy atom. The fourth-order valence-corrected chi connectivity index (χ4v) is 4.47. The van der Waals surface area contributed by atoms with Crippen molar-refractivity contribution in [1.82, 2.24) is 0 Å². The Bertz CT molecular complexity index is 462. The van der Waals surface area contributed by atoms with Crippen molar-refractivity contribution in [2.45, 2.75) is 130 Å². The van der Waals surface area contributed by atoms with Crippen molar-refractivity contribution >= 4 is 11.9 Å². The lowest BCUT2D eigenvalue weighted by Crippen LogP contribution is -2.41. The molecule has 0 N–H and O–H groups in total. The first kappa shape index (κ1) is 26.0. The Kier molecular flexibility index (Phi) is 13.3. The molecule has 0 aliphatic heterocycles. The molecule has 1 aliphatic carbocycles. The van der Waals surface area contributed by atoms with Crippen molar-refractivity contribution in [3.63, 3.8) is 0 Å². The zero-order valence-electron chi connectivity index (χ0n) is 19.7. The molecule has 4 heteroatoms. The molecule has 29 heavy (non-hydrogen) atoms. The number of carbonyl (C=O) groups excluding carboxylic acids is 2. The van der Waals surface area contributed by atoms with Crippen LogP contribution in [0, 0.1) is 17.8 Å². The highest BCUT2D eigenvalue weighted by molar-refractivity contribution is 5.82. The number of ether oxygens (including phenoxy) is 2. The smallest absolute Gasteiger partial charge is 0.310 e. The van der Waals surface area contributed by atoms with E-state index in [0.29, 0.717) is 0 Å². The Morgan fingerprint density at radius 3 is 1.83 bits per heavy atom.